The molecular formula is C11H13ClO2. The Hall–Kier alpha value is -1.02. The number of benzene rings is 1. The molecule has 0 radical (unpaired) electrons. The van der Waals surface area contributed by atoms with Crippen LogP contribution < -0.4 is 0 Å². The van der Waals surface area contributed by atoms with Gasteiger partial charge in [-0.05, 0) is 37.0 Å². The fourth-order valence-electron chi connectivity index (χ4n) is 1.33. The predicted octanol–water partition coefficient (Wildman–Crippen LogP) is 2.86. The van der Waals surface area contributed by atoms with Gasteiger partial charge in [-0.25, -0.2) is 4.79 Å². The van der Waals surface area contributed by atoms with Crippen molar-refractivity contribution in [3.63, 3.8) is 0 Å². The average molecular weight is 213 g/mol. The fourth-order valence-corrected chi connectivity index (χ4v) is 1.46. The van der Waals surface area contributed by atoms with Gasteiger partial charge in [0.2, 0.25) is 0 Å². The Kier molecular flexibility index (Phi) is 3.96. The zero-order valence-corrected chi connectivity index (χ0v) is 8.84. The third kappa shape index (κ3) is 2.74. The van der Waals surface area contributed by atoms with Gasteiger partial charge in [-0.2, -0.15) is 0 Å². The van der Waals surface area contributed by atoms with Gasteiger partial charge in [0.15, 0.2) is 0 Å². The SMILES string of the molecule is Cc1ccc(CCCCl)cc1C(=O)O. The van der Waals surface area contributed by atoms with Gasteiger partial charge in [-0.1, -0.05) is 12.1 Å². The first-order chi connectivity index (χ1) is 6.65. The molecule has 0 aliphatic carbocycles. The summed E-state index contributed by atoms with van der Waals surface area (Å²) in [5, 5.41) is 8.89. The van der Waals surface area contributed by atoms with Gasteiger partial charge < -0.3 is 5.11 Å². The molecule has 0 saturated carbocycles. The molecule has 1 rings (SSSR count). The molecule has 0 aliphatic heterocycles. The van der Waals surface area contributed by atoms with E-state index >= 15 is 0 Å². The summed E-state index contributed by atoms with van der Waals surface area (Å²) >= 11 is 5.57. The first kappa shape index (κ1) is 11.1. The van der Waals surface area contributed by atoms with Crippen molar-refractivity contribution in [2.24, 2.45) is 0 Å². The van der Waals surface area contributed by atoms with Crippen molar-refractivity contribution in [3.8, 4) is 0 Å². The van der Waals surface area contributed by atoms with E-state index in [1.54, 1.807) is 13.0 Å². The molecular weight excluding hydrogens is 200 g/mol. The number of aryl methyl sites for hydroxylation is 2. The third-order valence-electron chi connectivity index (χ3n) is 2.13. The van der Waals surface area contributed by atoms with E-state index in [9.17, 15) is 4.79 Å². The van der Waals surface area contributed by atoms with Gasteiger partial charge >= 0.3 is 5.97 Å². The van der Waals surface area contributed by atoms with Crippen molar-refractivity contribution < 1.29 is 9.90 Å². The van der Waals surface area contributed by atoms with E-state index in [-0.39, 0.29) is 0 Å². The van der Waals surface area contributed by atoms with Crippen LogP contribution in [0.1, 0.15) is 27.9 Å². The lowest BCUT2D eigenvalue weighted by Crippen LogP contribution is -2.01. The summed E-state index contributed by atoms with van der Waals surface area (Å²) in [4.78, 5) is 10.8. The third-order valence-corrected chi connectivity index (χ3v) is 2.40. The van der Waals surface area contributed by atoms with E-state index in [2.05, 4.69) is 0 Å². The van der Waals surface area contributed by atoms with Crippen molar-refractivity contribution in [1.29, 1.82) is 0 Å². The number of halogens is 1. The molecule has 76 valence electrons. The van der Waals surface area contributed by atoms with Crippen LogP contribution in [0.15, 0.2) is 18.2 Å². The Balaban J connectivity index is 2.89. The van der Waals surface area contributed by atoms with Crippen LogP contribution in [0.5, 0.6) is 0 Å². The van der Waals surface area contributed by atoms with Gasteiger partial charge in [0, 0.05) is 5.88 Å². The van der Waals surface area contributed by atoms with Crippen LogP contribution in [0.3, 0.4) is 0 Å². The van der Waals surface area contributed by atoms with Crippen molar-refractivity contribution in [2.75, 3.05) is 5.88 Å². The minimum absolute atomic E-state index is 0.386. The van der Waals surface area contributed by atoms with E-state index in [1.165, 1.54) is 0 Å². The van der Waals surface area contributed by atoms with E-state index in [1.807, 2.05) is 12.1 Å². The number of aromatic carboxylic acids is 1. The summed E-state index contributed by atoms with van der Waals surface area (Å²) < 4.78 is 0. The topological polar surface area (TPSA) is 37.3 Å². The second-order valence-electron chi connectivity index (χ2n) is 3.25. The quantitative estimate of drug-likeness (QED) is 0.780. The Morgan fingerprint density at radius 1 is 1.50 bits per heavy atom. The largest absolute Gasteiger partial charge is 0.478 e. The average Bonchev–Trinajstić information content (AvgIpc) is 2.16. The number of hydrogen-bond acceptors (Lipinski definition) is 1. The Morgan fingerprint density at radius 2 is 2.21 bits per heavy atom. The normalized spacial score (nSPS) is 10.1. The van der Waals surface area contributed by atoms with Crippen LogP contribution in [-0.4, -0.2) is 17.0 Å². The van der Waals surface area contributed by atoms with Gasteiger partial charge in [0.05, 0.1) is 5.56 Å². The van der Waals surface area contributed by atoms with Gasteiger partial charge in [0.25, 0.3) is 0 Å². The van der Waals surface area contributed by atoms with E-state index in [4.69, 9.17) is 16.7 Å². The highest BCUT2D eigenvalue weighted by Gasteiger charge is 2.07. The van der Waals surface area contributed by atoms with E-state index in [0.29, 0.717) is 11.4 Å². The van der Waals surface area contributed by atoms with Crippen molar-refractivity contribution in [3.05, 3.63) is 34.9 Å². The minimum Gasteiger partial charge on any atom is -0.478 e. The summed E-state index contributed by atoms with van der Waals surface area (Å²) in [6, 6.07) is 5.52. The lowest BCUT2D eigenvalue weighted by molar-refractivity contribution is 0.0696. The molecule has 0 aliphatic rings. The molecule has 1 aromatic rings. The molecule has 0 unspecified atom stereocenters. The molecule has 0 aromatic heterocycles. The van der Waals surface area contributed by atoms with Crippen LogP contribution in [0.4, 0.5) is 0 Å². The van der Waals surface area contributed by atoms with Gasteiger partial charge in [0.1, 0.15) is 0 Å². The van der Waals surface area contributed by atoms with Gasteiger partial charge in [-0.3, -0.25) is 0 Å². The number of rotatable bonds is 4. The monoisotopic (exact) mass is 212 g/mol. The van der Waals surface area contributed by atoms with Crippen molar-refractivity contribution in [2.45, 2.75) is 19.8 Å². The maximum atomic E-state index is 10.8. The molecule has 0 amide bonds. The second-order valence-corrected chi connectivity index (χ2v) is 3.62. The molecule has 1 N–H and O–H groups in total. The highest BCUT2D eigenvalue weighted by molar-refractivity contribution is 6.17. The van der Waals surface area contributed by atoms with Crippen LogP contribution >= 0.6 is 11.6 Å². The van der Waals surface area contributed by atoms with E-state index < -0.39 is 5.97 Å². The van der Waals surface area contributed by atoms with E-state index in [0.717, 1.165) is 24.0 Å². The molecule has 3 heteroatoms. The molecule has 0 fully saturated rings. The molecule has 0 spiro atoms. The smallest absolute Gasteiger partial charge is 0.335 e. The standard InChI is InChI=1S/C11H13ClO2/c1-8-4-5-9(3-2-6-12)7-10(8)11(13)14/h4-5,7H,2-3,6H2,1H3,(H,13,14). The van der Waals surface area contributed by atoms with Crippen LogP contribution in [0, 0.1) is 6.92 Å². The highest BCUT2D eigenvalue weighted by atomic mass is 35.5. The molecule has 0 atom stereocenters. The summed E-state index contributed by atoms with van der Waals surface area (Å²) in [6.45, 7) is 1.80. The summed E-state index contributed by atoms with van der Waals surface area (Å²) in [6.07, 6.45) is 1.72. The first-order valence-electron chi connectivity index (χ1n) is 4.54. The number of alkyl halides is 1. The molecule has 1 aromatic carbocycles. The minimum atomic E-state index is -0.866. The maximum absolute atomic E-state index is 10.8. The zero-order valence-electron chi connectivity index (χ0n) is 8.09. The maximum Gasteiger partial charge on any atom is 0.335 e. The Labute approximate surface area is 88.5 Å². The summed E-state index contributed by atoms with van der Waals surface area (Å²) in [5.41, 5.74) is 2.22. The lowest BCUT2D eigenvalue weighted by atomic mass is 10.0. The van der Waals surface area contributed by atoms with Crippen LogP contribution in [0.2, 0.25) is 0 Å². The van der Waals surface area contributed by atoms with Crippen molar-refractivity contribution in [1.82, 2.24) is 0 Å². The summed E-state index contributed by atoms with van der Waals surface area (Å²) in [5.74, 6) is -0.258. The van der Waals surface area contributed by atoms with Crippen molar-refractivity contribution >= 4 is 17.6 Å². The first-order valence-corrected chi connectivity index (χ1v) is 5.07. The van der Waals surface area contributed by atoms with Crippen LogP contribution in [-0.2, 0) is 6.42 Å². The number of carbonyl (C=O) groups is 1. The zero-order chi connectivity index (χ0) is 10.6. The molecule has 0 bridgehead atoms. The highest BCUT2D eigenvalue weighted by Crippen LogP contribution is 2.12. The Morgan fingerprint density at radius 3 is 2.79 bits per heavy atom. The molecule has 2 nitrogen and oxygen atoms in total. The molecule has 0 saturated heterocycles. The fraction of sp³-hybridized carbons (Fsp3) is 0.364. The number of carboxylic acid groups (broad SMARTS) is 1. The Bertz CT molecular complexity index is 334. The molecule has 14 heavy (non-hydrogen) atoms. The second kappa shape index (κ2) is 5.01. The number of hydrogen-bond donors (Lipinski definition) is 1. The van der Waals surface area contributed by atoms with Gasteiger partial charge in [-0.15, -0.1) is 11.6 Å². The lowest BCUT2D eigenvalue weighted by Gasteiger charge is -2.04. The number of carboxylic acids is 1. The summed E-state index contributed by atoms with van der Waals surface area (Å²) in [7, 11) is 0. The van der Waals surface area contributed by atoms with Crippen LogP contribution in [0.25, 0.3) is 0 Å². The molecule has 0 heterocycles. The predicted molar refractivity (Wildman–Crippen MR) is 57.2 cm³/mol.